The summed E-state index contributed by atoms with van der Waals surface area (Å²) in [5, 5.41) is 42.2. The maximum absolute atomic E-state index is 14.4. The van der Waals surface area contributed by atoms with E-state index in [9.17, 15) is 38.4 Å². The van der Waals surface area contributed by atoms with Gasteiger partial charge in [0.05, 0.1) is 27.2 Å². The van der Waals surface area contributed by atoms with E-state index in [2.05, 4.69) is 10.1 Å². The van der Waals surface area contributed by atoms with Crippen LogP contribution in [-0.4, -0.2) is 35.2 Å². The Kier molecular flexibility index (Phi) is 5.47. The minimum atomic E-state index is -4.26. The number of halogens is 4. The molecule has 0 fully saturated rings. The molecule has 2 heterocycles. The largest absolute Gasteiger partial charge is 0.345 e. The molecule has 2 aromatic heterocycles. The number of aromatic nitrogens is 3. The number of nitrogens with zero attached hydrogens (tertiary/aromatic N) is 3. The van der Waals surface area contributed by atoms with Crippen molar-refractivity contribution in [3.63, 3.8) is 0 Å². The lowest BCUT2D eigenvalue weighted by Gasteiger charge is -2.23. The number of hydrogen-bond donors (Lipinski definition) is 4. The average molecular weight is 480 g/mol. The molecule has 4 rings (SSSR count). The first kappa shape index (κ1) is 22.8. The van der Waals surface area contributed by atoms with Crippen molar-refractivity contribution in [1.82, 2.24) is 14.8 Å². The summed E-state index contributed by atoms with van der Waals surface area (Å²) in [6, 6.07) is 0.206. The first-order valence-electron chi connectivity index (χ1n) is 9.14. The van der Waals surface area contributed by atoms with E-state index < -0.39 is 40.1 Å². The summed E-state index contributed by atoms with van der Waals surface area (Å²) in [4.78, 5) is 17.1. The van der Waals surface area contributed by atoms with Gasteiger partial charge in [-0.3, -0.25) is 9.78 Å². The molecule has 0 amide bonds. The van der Waals surface area contributed by atoms with Crippen LogP contribution in [0.15, 0.2) is 59.5 Å². The highest BCUT2D eigenvalue weighted by atomic mass is 35.5. The fraction of sp³-hybridized carbons (Fsp3) is 0.0952. The Labute approximate surface area is 187 Å². The van der Waals surface area contributed by atoms with Gasteiger partial charge in [-0.05, 0) is 30.3 Å². The fourth-order valence-corrected chi connectivity index (χ4v) is 3.55. The lowest BCUT2D eigenvalue weighted by Crippen LogP contribution is -2.29. The predicted octanol–water partition coefficient (Wildman–Crippen LogP) is 2.37. The van der Waals surface area contributed by atoms with Gasteiger partial charge in [0.1, 0.15) is 17.0 Å². The molecule has 0 aliphatic heterocycles. The summed E-state index contributed by atoms with van der Waals surface area (Å²) in [7, 11) is 0. The van der Waals surface area contributed by atoms with E-state index in [0.717, 1.165) is 35.1 Å². The number of hydrogen-bond acceptors (Lipinski definition) is 7. The second-order valence-electron chi connectivity index (χ2n) is 6.99. The highest BCUT2D eigenvalue weighted by Crippen LogP contribution is 2.39. The van der Waals surface area contributed by atoms with Crippen LogP contribution in [0, 0.1) is 5.82 Å². The molecule has 0 bridgehead atoms. The molecular weight excluding hydrogens is 467 g/mol. The Hall–Kier alpha value is -3.35. The highest BCUT2D eigenvalue weighted by molar-refractivity contribution is 6.31. The van der Waals surface area contributed by atoms with Crippen molar-refractivity contribution < 1.29 is 33.6 Å². The summed E-state index contributed by atoms with van der Waals surface area (Å²) < 4.78 is 42.6. The number of fused-ring (bicyclic) bond motifs is 1. The van der Waals surface area contributed by atoms with Crippen LogP contribution in [-0.2, 0) is 12.1 Å². The summed E-state index contributed by atoms with van der Waals surface area (Å²) in [5.74, 6) is -0.597. The minimum Gasteiger partial charge on any atom is -0.336 e. The topological polar surface area (TPSA) is 129 Å². The van der Waals surface area contributed by atoms with Gasteiger partial charge in [-0.1, -0.05) is 29.8 Å². The van der Waals surface area contributed by atoms with Crippen LogP contribution in [0.2, 0.25) is 5.02 Å². The second kappa shape index (κ2) is 7.90. The van der Waals surface area contributed by atoms with Gasteiger partial charge in [0.15, 0.2) is 0 Å². The number of alkyl halides is 2. The lowest BCUT2D eigenvalue weighted by atomic mass is 9.95. The maximum Gasteiger partial charge on any atom is 0.345 e. The van der Waals surface area contributed by atoms with Gasteiger partial charge in [0.25, 0.3) is 5.56 Å². The number of pyridine rings is 1. The zero-order valence-electron chi connectivity index (χ0n) is 16.2. The van der Waals surface area contributed by atoms with Gasteiger partial charge in [0.2, 0.25) is 0 Å². The molecular formula is C21H13ClF3N3O5. The molecule has 2 aromatic carbocycles. The van der Waals surface area contributed by atoms with Crippen molar-refractivity contribution in [2.45, 2.75) is 12.1 Å². The Morgan fingerprint density at radius 2 is 1.64 bits per heavy atom. The van der Waals surface area contributed by atoms with Crippen LogP contribution in [0.25, 0.3) is 27.8 Å². The normalized spacial score (nSPS) is 12.4. The molecule has 0 aliphatic carbocycles. The summed E-state index contributed by atoms with van der Waals surface area (Å²) in [6.07, 6.45) is 1.14. The van der Waals surface area contributed by atoms with Gasteiger partial charge < -0.3 is 20.4 Å². The van der Waals surface area contributed by atoms with Crippen molar-refractivity contribution in [3.05, 3.63) is 87.0 Å². The molecule has 4 aromatic rings. The smallest absolute Gasteiger partial charge is 0.336 e. The van der Waals surface area contributed by atoms with Crippen molar-refractivity contribution in [1.29, 1.82) is 0 Å². The lowest BCUT2D eigenvalue weighted by molar-refractivity contribution is -0.290. The quantitative estimate of drug-likeness (QED) is 0.331. The maximum atomic E-state index is 14.4. The van der Waals surface area contributed by atoms with Gasteiger partial charge in [-0.15, -0.1) is 0 Å². The van der Waals surface area contributed by atoms with E-state index in [1.54, 1.807) is 0 Å². The highest BCUT2D eigenvalue weighted by Gasteiger charge is 2.40. The minimum absolute atomic E-state index is 0.0500. The zero-order valence-corrected chi connectivity index (χ0v) is 17.0. The van der Waals surface area contributed by atoms with Crippen LogP contribution in [0.5, 0.6) is 0 Å². The third-order valence-electron chi connectivity index (χ3n) is 4.75. The molecule has 170 valence electrons. The molecule has 8 nitrogen and oxygen atoms in total. The summed E-state index contributed by atoms with van der Waals surface area (Å²) >= 11 is 5.96. The van der Waals surface area contributed by atoms with Crippen LogP contribution in [0.3, 0.4) is 0 Å². The predicted molar refractivity (Wildman–Crippen MR) is 110 cm³/mol. The second-order valence-corrected chi connectivity index (χ2v) is 7.43. The molecule has 0 spiro atoms. The Morgan fingerprint density at radius 1 is 0.970 bits per heavy atom. The molecule has 4 N–H and O–H groups in total. The van der Waals surface area contributed by atoms with Crippen molar-refractivity contribution in [2.24, 2.45) is 0 Å². The van der Waals surface area contributed by atoms with E-state index in [0.29, 0.717) is 6.07 Å². The van der Waals surface area contributed by atoms with Crippen molar-refractivity contribution in [2.75, 3.05) is 0 Å². The van der Waals surface area contributed by atoms with Gasteiger partial charge >= 0.3 is 12.1 Å². The first-order chi connectivity index (χ1) is 15.4. The Balaban J connectivity index is 2.16. The van der Waals surface area contributed by atoms with Crippen molar-refractivity contribution in [3.8, 4) is 16.9 Å². The van der Waals surface area contributed by atoms with Crippen LogP contribution < -0.4 is 5.56 Å². The molecule has 0 unspecified atom stereocenters. The van der Waals surface area contributed by atoms with Crippen molar-refractivity contribution >= 4 is 22.5 Å². The van der Waals surface area contributed by atoms with Gasteiger partial charge in [-0.25, -0.2) is 4.39 Å². The number of rotatable bonds is 4. The fourth-order valence-electron chi connectivity index (χ4n) is 3.39. The molecule has 0 radical (unpaired) electrons. The van der Waals surface area contributed by atoms with E-state index in [-0.39, 0.29) is 27.3 Å². The van der Waals surface area contributed by atoms with Crippen LogP contribution in [0.4, 0.5) is 13.2 Å². The molecule has 0 aliphatic rings. The van der Waals surface area contributed by atoms with Crippen LogP contribution in [0.1, 0.15) is 11.1 Å². The number of benzene rings is 2. The zero-order chi connectivity index (χ0) is 24.1. The molecule has 0 saturated carbocycles. The summed E-state index contributed by atoms with van der Waals surface area (Å²) in [6.45, 7) is 0. The average Bonchev–Trinajstić information content (AvgIpc) is 2.73. The van der Waals surface area contributed by atoms with E-state index in [4.69, 9.17) is 11.6 Å². The van der Waals surface area contributed by atoms with E-state index in [1.807, 2.05) is 0 Å². The standard InChI is InChI=1S/C21H13ClF3N3O5/c22-10-8-14-17(26-9-10)18(27-28(19(14)29)12-6-4-11(23)5-7-12)13-2-1-3-15(20(24,30)31)16(13)21(25,32)33/h1-9,30-33H. The first-order valence-corrected chi connectivity index (χ1v) is 9.52. The summed E-state index contributed by atoms with van der Waals surface area (Å²) in [5.41, 5.74) is -4.27. The molecule has 12 heteroatoms. The van der Waals surface area contributed by atoms with Gasteiger partial charge in [0, 0.05) is 11.8 Å². The number of aliphatic hydroxyl groups is 4. The molecule has 0 atom stereocenters. The van der Waals surface area contributed by atoms with E-state index in [1.165, 1.54) is 18.2 Å². The third-order valence-corrected chi connectivity index (χ3v) is 4.96. The molecule has 0 saturated heterocycles. The van der Waals surface area contributed by atoms with Gasteiger partial charge in [-0.2, -0.15) is 18.6 Å². The Morgan fingerprint density at radius 3 is 2.24 bits per heavy atom. The molecule has 33 heavy (non-hydrogen) atoms. The Bertz CT molecular complexity index is 1430. The SMILES string of the molecule is O=c1c2cc(Cl)cnc2c(-c2cccc(C(O)(O)F)c2C(O)(O)F)nn1-c1ccc(F)cc1. The van der Waals surface area contributed by atoms with E-state index >= 15 is 0 Å². The monoisotopic (exact) mass is 479 g/mol. The van der Waals surface area contributed by atoms with Crippen LogP contribution >= 0.6 is 11.6 Å². The third kappa shape index (κ3) is 4.19.